The van der Waals surface area contributed by atoms with Crippen LogP contribution < -0.4 is 5.32 Å². The van der Waals surface area contributed by atoms with Crippen LogP contribution in [-0.2, 0) is 6.42 Å². The van der Waals surface area contributed by atoms with Gasteiger partial charge in [0.1, 0.15) is 11.5 Å². The molecule has 0 aliphatic heterocycles. The van der Waals surface area contributed by atoms with Gasteiger partial charge in [-0.05, 0) is 32.0 Å². The molecule has 0 radical (unpaired) electrons. The largest absolute Gasteiger partial charge is 0.466 e. The molecule has 0 aromatic carbocycles. The maximum atomic E-state index is 11.9. The minimum Gasteiger partial charge on any atom is -0.466 e. The van der Waals surface area contributed by atoms with E-state index in [1.165, 1.54) is 0 Å². The Morgan fingerprint density at radius 3 is 2.83 bits per heavy atom. The fourth-order valence-electron chi connectivity index (χ4n) is 1.80. The molecule has 4 nitrogen and oxygen atoms in total. The van der Waals surface area contributed by atoms with Gasteiger partial charge in [-0.15, -0.1) is 0 Å². The Kier molecular flexibility index (Phi) is 3.77. The molecule has 4 heteroatoms. The fourth-order valence-corrected chi connectivity index (χ4v) is 1.80. The van der Waals surface area contributed by atoms with Gasteiger partial charge in [-0.25, -0.2) is 0 Å². The Morgan fingerprint density at radius 1 is 1.39 bits per heavy atom. The molecule has 1 amide bonds. The lowest BCUT2D eigenvalue weighted by Crippen LogP contribution is -2.26. The van der Waals surface area contributed by atoms with Crippen molar-refractivity contribution in [2.45, 2.75) is 20.3 Å². The van der Waals surface area contributed by atoms with Crippen molar-refractivity contribution in [2.75, 3.05) is 6.54 Å². The molecule has 0 saturated heterocycles. The van der Waals surface area contributed by atoms with Crippen molar-refractivity contribution >= 4 is 5.91 Å². The van der Waals surface area contributed by atoms with Crippen LogP contribution in [0.25, 0.3) is 0 Å². The summed E-state index contributed by atoms with van der Waals surface area (Å²) in [6.07, 6.45) is 2.48. The second kappa shape index (κ2) is 5.49. The van der Waals surface area contributed by atoms with Crippen molar-refractivity contribution < 1.29 is 9.21 Å². The van der Waals surface area contributed by atoms with Gasteiger partial charge in [0.15, 0.2) is 0 Å². The van der Waals surface area contributed by atoms with E-state index in [1.54, 1.807) is 19.2 Å². The highest BCUT2D eigenvalue weighted by Crippen LogP contribution is 2.13. The molecule has 0 aliphatic carbocycles. The normalized spacial score (nSPS) is 10.3. The van der Waals surface area contributed by atoms with E-state index >= 15 is 0 Å². The minimum absolute atomic E-state index is 0.0970. The molecule has 0 aliphatic rings. The van der Waals surface area contributed by atoms with Gasteiger partial charge >= 0.3 is 0 Å². The van der Waals surface area contributed by atoms with Crippen LogP contribution in [0.5, 0.6) is 0 Å². The lowest BCUT2D eigenvalue weighted by atomic mass is 10.2. The van der Waals surface area contributed by atoms with Crippen LogP contribution in [0.4, 0.5) is 0 Å². The molecule has 18 heavy (non-hydrogen) atoms. The maximum Gasteiger partial charge on any atom is 0.254 e. The molecule has 2 aromatic rings. The van der Waals surface area contributed by atoms with Crippen molar-refractivity contribution in [1.82, 2.24) is 10.3 Å². The molecule has 1 N–H and O–H groups in total. The molecule has 0 fully saturated rings. The minimum atomic E-state index is -0.0970. The topological polar surface area (TPSA) is 55.1 Å². The van der Waals surface area contributed by atoms with Crippen LogP contribution in [0.1, 0.15) is 27.6 Å². The molecule has 0 unspecified atom stereocenters. The molecule has 2 aromatic heterocycles. The van der Waals surface area contributed by atoms with Gasteiger partial charge in [0.25, 0.3) is 5.91 Å². The lowest BCUT2D eigenvalue weighted by molar-refractivity contribution is 0.0952. The van der Waals surface area contributed by atoms with Gasteiger partial charge in [0.2, 0.25) is 0 Å². The molecular formula is C14H16N2O2. The number of carbonyl (C=O) groups excluding carboxylic acids is 1. The summed E-state index contributed by atoms with van der Waals surface area (Å²) in [5, 5.41) is 2.86. The van der Waals surface area contributed by atoms with E-state index in [0.29, 0.717) is 17.9 Å². The van der Waals surface area contributed by atoms with Gasteiger partial charge in [-0.3, -0.25) is 9.78 Å². The van der Waals surface area contributed by atoms with Crippen LogP contribution in [-0.4, -0.2) is 17.4 Å². The van der Waals surface area contributed by atoms with E-state index in [4.69, 9.17) is 4.42 Å². The lowest BCUT2D eigenvalue weighted by Gasteiger charge is -2.03. The van der Waals surface area contributed by atoms with E-state index < -0.39 is 0 Å². The monoisotopic (exact) mass is 244 g/mol. The Hall–Kier alpha value is -2.10. The number of rotatable bonds is 4. The van der Waals surface area contributed by atoms with Crippen molar-refractivity contribution in [3.63, 3.8) is 0 Å². The molecule has 0 saturated carbocycles. The van der Waals surface area contributed by atoms with Crippen LogP contribution in [0.15, 0.2) is 34.9 Å². The summed E-state index contributed by atoms with van der Waals surface area (Å²) >= 11 is 0. The van der Waals surface area contributed by atoms with Gasteiger partial charge in [0.05, 0.1) is 5.56 Å². The molecular weight excluding hydrogens is 228 g/mol. The summed E-state index contributed by atoms with van der Waals surface area (Å²) in [5.74, 6) is 1.31. The van der Waals surface area contributed by atoms with Crippen LogP contribution in [0.3, 0.4) is 0 Å². The number of amides is 1. The SMILES string of the molecule is Cc1cc(C(=O)NCCc2ccccn2)c(C)o1. The summed E-state index contributed by atoms with van der Waals surface area (Å²) < 4.78 is 5.33. The molecule has 0 bridgehead atoms. The third-order valence-corrected chi connectivity index (χ3v) is 2.68. The predicted molar refractivity (Wildman–Crippen MR) is 68.5 cm³/mol. The number of carbonyl (C=O) groups is 1. The summed E-state index contributed by atoms with van der Waals surface area (Å²) in [5.41, 5.74) is 1.58. The Bertz CT molecular complexity index is 532. The zero-order valence-corrected chi connectivity index (χ0v) is 10.6. The average Bonchev–Trinajstić information content (AvgIpc) is 2.70. The first-order chi connectivity index (χ1) is 8.66. The number of aryl methyl sites for hydroxylation is 2. The van der Waals surface area contributed by atoms with Crippen molar-refractivity contribution in [3.05, 3.63) is 53.2 Å². The van der Waals surface area contributed by atoms with Gasteiger partial charge in [0, 0.05) is 24.9 Å². The standard InChI is InChI=1S/C14H16N2O2/c1-10-9-13(11(2)18-10)14(17)16-8-6-12-5-3-4-7-15-12/h3-5,7,9H,6,8H2,1-2H3,(H,16,17). The fraction of sp³-hybridized carbons (Fsp3) is 0.286. The van der Waals surface area contributed by atoms with Crippen LogP contribution >= 0.6 is 0 Å². The van der Waals surface area contributed by atoms with E-state index in [-0.39, 0.29) is 5.91 Å². The highest BCUT2D eigenvalue weighted by Gasteiger charge is 2.12. The average molecular weight is 244 g/mol. The number of aromatic nitrogens is 1. The number of furan rings is 1. The summed E-state index contributed by atoms with van der Waals surface area (Å²) in [6, 6.07) is 7.51. The maximum absolute atomic E-state index is 11.9. The van der Waals surface area contributed by atoms with E-state index in [9.17, 15) is 4.79 Å². The Balaban J connectivity index is 1.87. The summed E-state index contributed by atoms with van der Waals surface area (Å²) in [7, 11) is 0. The first kappa shape index (κ1) is 12.4. The molecule has 0 atom stereocenters. The van der Waals surface area contributed by atoms with Gasteiger partial charge < -0.3 is 9.73 Å². The first-order valence-corrected chi connectivity index (χ1v) is 5.92. The summed E-state index contributed by atoms with van der Waals surface area (Å²) in [6.45, 7) is 4.19. The van der Waals surface area contributed by atoms with E-state index in [1.807, 2.05) is 25.1 Å². The third kappa shape index (κ3) is 2.97. The zero-order chi connectivity index (χ0) is 13.0. The number of nitrogens with zero attached hydrogens (tertiary/aromatic N) is 1. The highest BCUT2D eigenvalue weighted by molar-refractivity contribution is 5.95. The molecule has 2 rings (SSSR count). The van der Waals surface area contributed by atoms with E-state index in [2.05, 4.69) is 10.3 Å². The first-order valence-electron chi connectivity index (χ1n) is 5.92. The molecule has 2 heterocycles. The van der Waals surface area contributed by atoms with Gasteiger partial charge in [-0.2, -0.15) is 0 Å². The number of pyridine rings is 1. The van der Waals surface area contributed by atoms with Crippen LogP contribution in [0, 0.1) is 13.8 Å². The third-order valence-electron chi connectivity index (χ3n) is 2.68. The quantitative estimate of drug-likeness (QED) is 0.897. The Labute approximate surface area is 106 Å². The number of hydrogen-bond donors (Lipinski definition) is 1. The van der Waals surface area contributed by atoms with E-state index in [0.717, 1.165) is 17.9 Å². The highest BCUT2D eigenvalue weighted by atomic mass is 16.3. The zero-order valence-electron chi connectivity index (χ0n) is 10.6. The van der Waals surface area contributed by atoms with Crippen LogP contribution in [0.2, 0.25) is 0 Å². The molecule has 0 spiro atoms. The summed E-state index contributed by atoms with van der Waals surface area (Å²) in [4.78, 5) is 16.1. The van der Waals surface area contributed by atoms with Crippen molar-refractivity contribution in [1.29, 1.82) is 0 Å². The van der Waals surface area contributed by atoms with Crippen molar-refractivity contribution in [3.8, 4) is 0 Å². The second-order valence-corrected chi connectivity index (χ2v) is 4.15. The van der Waals surface area contributed by atoms with Crippen molar-refractivity contribution in [2.24, 2.45) is 0 Å². The predicted octanol–water partition coefficient (Wildman–Crippen LogP) is 2.26. The second-order valence-electron chi connectivity index (χ2n) is 4.15. The smallest absolute Gasteiger partial charge is 0.254 e. The van der Waals surface area contributed by atoms with Gasteiger partial charge in [-0.1, -0.05) is 6.07 Å². The number of nitrogens with one attached hydrogen (secondary N) is 1. The molecule has 94 valence electrons. The Morgan fingerprint density at radius 2 is 2.22 bits per heavy atom. The number of hydrogen-bond acceptors (Lipinski definition) is 3.